The molecule has 0 aliphatic heterocycles. The van der Waals surface area contributed by atoms with Crippen LogP contribution in [0.15, 0.2) is 23.1 Å². The van der Waals surface area contributed by atoms with E-state index < -0.39 is 0 Å². The zero-order valence-electron chi connectivity index (χ0n) is 14.0. The third-order valence-electron chi connectivity index (χ3n) is 6.72. The molecule has 2 aromatic heterocycles. The van der Waals surface area contributed by atoms with E-state index in [-0.39, 0.29) is 11.1 Å². The van der Waals surface area contributed by atoms with Crippen LogP contribution in [0.1, 0.15) is 38.5 Å². The molecule has 4 aliphatic rings. The van der Waals surface area contributed by atoms with Gasteiger partial charge in [0.2, 0.25) is 5.95 Å². The van der Waals surface area contributed by atoms with Gasteiger partial charge in [0.25, 0.3) is 5.56 Å². The maximum Gasteiger partial charge on any atom is 0.260 e. The summed E-state index contributed by atoms with van der Waals surface area (Å²) < 4.78 is 0. The average molecular weight is 335 g/mol. The molecule has 3 N–H and O–H groups in total. The highest BCUT2D eigenvalue weighted by molar-refractivity contribution is 6.04. The van der Waals surface area contributed by atoms with Crippen molar-refractivity contribution in [2.75, 3.05) is 5.32 Å². The van der Waals surface area contributed by atoms with Crippen molar-refractivity contribution in [2.24, 2.45) is 17.8 Å². The van der Waals surface area contributed by atoms with E-state index in [1.165, 1.54) is 38.5 Å². The van der Waals surface area contributed by atoms with E-state index in [0.717, 1.165) is 34.2 Å². The number of rotatable bonds is 2. The number of nitrogens with zero attached hydrogens (tertiary/aromatic N) is 2. The molecule has 7 rings (SSSR count). The van der Waals surface area contributed by atoms with Crippen molar-refractivity contribution in [3.05, 3.63) is 28.7 Å². The number of aromatic amines is 2. The molecule has 6 nitrogen and oxygen atoms in total. The molecule has 2 heterocycles. The molecular formula is C19H21N5O. The number of H-pyrrole nitrogens is 2. The summed E-state index contributed by atoms with van der Waals surface area (Å²) in [4.78, 5) is 20.4. The Morgan fingerprint density at radius 2 is 1.80 bits per heavy atom. The predicted octanol–water partition coefficient (Wildman–Crippen LogP) is 3.18. The van der Waals surface area contributed by atoms with Crippen LogP contribution in [0.3, 0.4) is 0 Å². The van der Waals surface area contributed by atoms with Crippen molar-refractivity contribution in [2.45, 2.75) is 44.1 Å². The first-order valence-electron chi connectivity index (χ1n) is 9.32. The zero-order valence-corrected chi connectivity index (χ0v) is 14.0. The summed E-state index contributed by atoms with van der Waals surface area (Å²) in [5.74, 6) is 3.20. The van der Waals surface area contributed by atoms with Gasteiger partial charge in [-0.2, -0.15) is 5.10 Å². The molecule has 4 aliphatic carbocycles. The summed E-state index contributed by atoms with van der Waals surface area (Å²) >= 11 is 0. The second-order valence-corrected chi connectivity index (χ2v) is 8.53. The smallest absolute Gasteiger partial charge is 0.260 e. The fourth-order valence-corrected chi connectivity index (χ4v) is 6.23. The van der Waals surface area contributed by atoms with E-state index >= 15 is 0 Å². The highest BCUT2D eigenvalue weighted by Crippen LogP contribution is 2.56. The van der Waals surface area contributed by atoms with E-state index in [1.807, 2.05) is 12.1 Å². The van der Waals surface area contributed by atoms with Gasteiger partial charge >= 0.3 is 0 Å². The quantitative estimate of drug-likeness (QED) is 0.671. The Hall–Kier alpha value is -2.37. The highest BCUT2D eigenvalue weighted by Gasteiger charge is 2.51. The molecule has 3 aromatic rings. The maximum absolute atomic E-state index is 12.7. The number of benzene rings is 1. The molecular weight excluding hydrogens is 314 g/mol. The topological polar surface area (TPSA) is 86.5 Å². The highest BCUT2D eigenvalue weighted by atomic mass is 16.1. The van der Waals surface area contributed by atoms with Gasteiger partial charge in [0.1, 0.15) is 0 Å². The average Bonchev–Trinajstić information content (AvgIpc) is 3.01. The number of fused-ring (bicyclic) bond motifs is 3. The first-order chi connectivity index (χ1) is 12.2. The van der Waals surface area contributed by atoms with Gasteiger partial charge in [-0.3, -0.25) is 14.9 Å². The predicted molar refractivity (Wildman–Crippen MR) is 96.5 cm³/mol. The maximum atomic E-state index is 12.7. The number of anilines is 1. The van der Waals surface area contributed by atoms with E-state index in [1.54, 1.807) is 6.20 Å². The van der Waals surface area contributed by atoms with E-state index in [4.69, 9.17) is 4.98 Å². The zero-order chi connectivity index (χ0) is 16.6. The lowest BCUT2D eigenvalue weighted by molar-refractivity contribution is 0.0104. The minimum atomic E-state index is -0.0933. The van der Waals surface area contributed by atoms with Gasteiger partial charge in [0, 0.05) is 10.9 Å². The van der Waals surface area contributed by atoms with Crippen LogP contribution in [-0.4, -0.2) is 25.7 Å². The van der Waals surface area contributed by atoms with Gasteiger partial charge < -0.3 is 5.32 Å². The van der Waals surface area contributed by atoms with Crippen molar-refractivity contribution < 1.29 is 0 Å². The Morgan fingerprint density at radius 1 is 1.08 bits per heavy atom. The molecule has 0 saturated heterocycles. The van der Waals surface area contributed by atoms with Crippen molar-refractivity contribution in [1.29, 1.82) is 0 Å². The summed E-state index contributed by atoms with van der Waals surface area (Å²) in [7, 11) is 0. The lowest BCUT2D eigenvalue weighted by Gasteiger charge is -2.56. The summed E-state index contributed by atoms with van der Waals surface area (Å²) in [6, 6.07) is 3.83. The van der Waals surface area contributed by atoms with Crippen LogP contribution in [0, 0.1) is 17.8 Å². The summed E-state index contributed by atoms with van der Waals surface area (Å²) in [5, 5.41) is 12.1. The van der Waals surface area contributed by atoms with Crippen LogP contribution >= 0.6 is 0 Å². The number of hydrogen-bond donors (Lipinski definition) is 3. The van der Waals surface area contributed by atoms with E-state index in [9.17, 15) is 4.79 Å². The van der Waals surface area contributed by atoms with E-state index in [2.05, 4.69) is 20.5 Å². The van der Waals surface area contributed by atoms with Crippen LogP contribution in [0.25, 0.3) is 21.8 Å². The Balaban J connectivity index is 1.43. The van der Waals surface area contributed by atoms with Gasteiger partial charge in [0.05, 0.1) is 22.6 Å². The van der Waals surface area contributed by atoms with Gasteiger partial charge in [-0.15, -0.1) is 0 Å². The van der Waals surface area contributed by atoms with Gasteiger partial charge in [-0.1, -0.05) is 0 Å². The Kier molecular flexibility index (Phi) is 2.56. The summed E-state index contributed by atoms with van der Waals surface area (Å²) in [6.45, 7) is 0. The molecule has 0 amide bonds. The third-order valence-corrected chi connectivity index (χ3v) is 6.72. The van der Waals surface area contributed by atoms with Crippen LogP contribution < -0.4 is 10.9 Å². The lowest BCUT2D eigenvalue weighted by Crippen LogP contribution is -2.55. The van der Waals surface area contributed by atoms with E-state index in [0.29, 0.717) is 11.3 Å². The lowest BCUT2D eigenvalue weighted by atomic mass is 9.53. The van der Waals surface area contributed by atoms with Gasteiger partial charge in [-0.25, -0.2) is 4.98 Å². The minimum Gasteiger partial charge on any atom is -0.350 e. The second-order valence-electron chi connectivity index (χ2n) is 8.53. The van der Waals surface area contributed by atoms with Crippen molar-refractivity contribution in [3.63, 3.8) is 0 Å². The molecule has 25 heavy (non-hydrogen) atoms. The van der Waals surface area contributed by atoms with Crippen LogP contribution in [0.4, 0.5) is 5.95 Å². The molecule has 4 bridgehead atoms. The fraction of sp³-hybridized carbons (Fsp3) is 0.526. The molecule has 6 heteroatoms. The number of hydrogen-bond acceptors (Lipinski definition) is 4. The SMILES string of the molecule is O=c1[nH]c(NC23CC4CC(CC(C4)C2)C3)nc2ccc3[nH]ncc3c12. The molecule has 128 valence electrons. The summed E-state index contributed by atoms with van der Waals surface area (Å²) in [5.41, 5.74) is 1.63. The minimum absolute atomic E-state index is 0.0933. The molecule has 4 saturated carbocycles. The van der Waals surface area contributed by atoms with Crippen molar-refractivity contribution in [1.82, 2.24) is 20.2 Å². The van der Waals surface area contributed by atoms with Gasteiger partial charge in [0.15, 0.2) is 0 Å². The normalized spacial score (nSPS) is 33.4. The first kappa shape index (κ1) is 13.9. The second kappa shape index (κ2) is 4.62. The molecule has 0 spiro atoms. The molecule has 0 radical (unpaired) electrons. The molecule has 1 aromatic carbocycles. The molecule has 0 unspecified atom stereocenters. The van der Waals surface area contributed by atoms with Gasteiger partial charge in [-0.05, 0) is 68.4 Å². The Morgan fingerprint density at radius 3 is 2.52 bits per heavy atom. The molecule has 0 atom stereocenters. The third kappa shape index (κ3) is 2.00. The van der Waals surface area contributed by atoms with Crippen molar-refractivity contribution in [3.8, 4) is 0 Å². The van der Waals surface area contributed by atoms with Crippen LogP contribution in [-0.2, 0) is 0 Å². The van der Waals surface area contributed by atoms with Crippen molar-refractivity contribution >= 4 is 27.8 Å². The largest absolute Gasteiger partial charge is 0.350 e. The summed E-state index contributed by atoms with van der Waals surface area (Å²) in [6.07, 6.45) is 9.58. The molecule has 4 fully saturated rings. The fourth-order valence-electron chi connectivity index (χ4n) is 6.23. The number of aromatic nitrogens is 4. The standard InChI is InChI=1S/C19H21N5O/c25-17-16-13-9-20-24-14(13)1-2-15(16)21-18(22-17)23-19-6-10-3-11(7-19)5-12(4-10)8-19/h1-2,9-12H,3-8H2,(H,20,24)(H2,21,22,23,25). The number of nitrogens with one attached hydrogen (secondary N) is 3. The Bertz CT molecular complexity index is 1010. The Labute approximate surface area is 144 Å². The van der Waals surface area contributed by atoms with Crippen LogP contribution in [0.2, 0.25) is 0 Å². The first-order valence-corrected chi connectivity index (χ1v) is 9.32. The van der Waals surface area contributed by atoms with Crippen LogP contribution in [0.5, 0.6) is 0 Å². The monoisotopic (exact) mass is 335 g/mol.